The summed E-state index contributed by atoms with van der Waals surface area (Å²) >= 11 is 0. The molecule has 0 bridgehead atoms. The fourth-order valence-corrected chi connectivity index (χ4v) is 1.53. The molecule has 1 aromatic rings. The molecule has 0 spiro atoms. The first-order valence-corrected chi connectivity index (χ1v) is 5.84. The van der Waals surface area contributed by atoms with E-state index in [0.29, 0.717) is 0 Å². The first kappa shape index (κ1) is 17.0. The number of ether oxygens (including phenoxy) is 3. The molecule has 21 heavy (non-hydrogen) atoms. The Morgan fingerprint density at radius 3 is 2.52 bits per heavy atom. The van der Waals surface area contributed by atoms with E-state index < -0.39 is 36.2 Å². The summed E-state index contributed by atoms with van der Waals surface area (Å²) in [7, 11) is 1.06. The fourth-order valence-electron chi connectivity index (χ4n) is 1.53. The predicted octanol–water partition coefficient (Wildman–Crippen LogP) is 2.56. The van der Waals surface area contributed by atoms with E-state index in [1.807, 2.05) is 0 Å². The van der Waals surface area contributed by atoms with E-state index in [-0.39, 0.29) is 18.7 Å². The van der Waals surface area contributed by atoms with Crippen molar-refractivity contribution in [1.29, 1.82) is 0 Å². The Balaban J connectivity index is 3.14. The summed E-state index contributed by atoms with van der Waals surface area (Å²) in [5, 5.41) is 0. The zero-order chi connectivity index (χ0) is 16.0. The molecule has 0 radical (unpaired) electrons. The number of rotatable bonds is 6. The summed E-state index contributed by atoms with van der Waals surface area (Å²) in [6, 6.07) is 1.00. The SMILES string of the molecule is CCOC(=O)Cc1cc(CF)c(OC(F)(F)F)c(OC)n1. The summed E-state index contributed by atoms with van der Waals surface area (Å²) in [5.74, 6) is -2.05. The van der Waals surface area contributed by atoms with Gasteiger partial charge in [-0.25, -0.2) is 9.37 Å². The third-order valence-corrected chi connectivity index (χ3v) is 2.26. The highest BCUT2D eigenvalue weighted by atomic mass is 19.4. The van der Waals surface area contributed by atoms with Crippen molar-refractivity contribution >= 4 is 5.97 Å². The molecule has 0 amide bonds. The van der Waals surface area contributed by atoms with Gasteiger partial charge in [-0.2, -0.15) is 0 Å². The van der Waals surface area contributed by atoms with E-state index in [1.165, 1.54) is 0 Å². The van der Waals surface area contributed by atoms with Crippen LogP contribution in [0.5, 0.6) is 11.6 Å². The Labute approximate surface area is 117 Å². The van der Waals surface area contributed by atoms with E-state index in [9.17, 15) is 22.4 Å². The number of carbonyl (C=O) groups excluding carboxylic acids is 1. The van der Waals surface area contributed by atoms with Gasteiger partial charge in [-0.15, -0.1) is 13.2 Å². The molecule has 0 aromatic carbocycles. The van der Waals surface area contributed by atoms with Gasteiger partial charge in [0.1, 0.15) is 6.67 Å². The summed E-state index contributed by atoms with van der Waals surface area (Å²) in [6.07, 6.45) is -5.33. The number of nitrogens with zero attached hydrogens (tertiary/aromatic N) is 1. The fraction of sp³-hybridized carbons (Fsp3) is 0.500. The lowest BCUT2D eigenvalue weighted by Crippen LogP contribution is -2.19. The number of pyridine rings is 1. The molecule has 0 aliphatic carbocycles. The van der Waals surface area contributed by atoms with Crippen molar-refractivity contribution in [2.75, 3.05) is 13.7 Å². The predicted molar refractivity (Wildman–Crippen MR) is 62.6 cm³/mol. The first-order chi connectivity index (χ1) is 9.80. The second-order valence-corrected chi connectivity index (χ2v) is 3.77. The minimum Gasteiger partial charge on any atom is -0.478 e. The molecule has 0 aliphatic heterocycles. The van der Waals surface area contributed by atoms with Crippen molar-refractivity contribution in [3.8, 4) is 11.6 Å². The quantitative estimate of drug-likeness (QED) is 0.597. The molecule has 0 aliphatic rings. The number of hydrogen-bond acceptors (Lipinski definition) is 5. The standard InChI is InChI=1S/C12H13F4NO4/c1-3-20-9(18)5-8-4-7(6-13)10(11(17-8)19-2)21-12(14,15)16/h4H,3,5-6H2,1-2H3. The van der Waals surface area contributed by atoms with Gasteiger partial charge in [-0.1, -0.05) is 0 Å². The van der Waals surface area contributed by atoms with Gasteiger partial charge >= 0.3 is 12.3 Å². The summed E-state index contributed by atoms with van der Waals surface area (Å²) in [6.45, 7) is 0.500. The minimum atomic E-state index is -5.01. The molecule has 0 saturated heterocycles. The highest BCUT2D eigenvalue weighted by Gasteiger charge is 2.34. The lowest BCUT2D eigenvalue weighted by Gasteiger charge is -2.15. The van der Waals surface area contributed by atoms with Crippen molar-refractivity contribution in [3.63, 3.8) is 0 Å². The summed E-state index contributed by atoms with van der Waals surface area (Å²) in [5.41, 5.74) is -0.397. The van der Waals surface area contributed by atoms with Crippen molar-refractivity contribution in [1.82, 2.24) is 4.98 Å². The van der Waals surface area contributed by atoms with Crippen LogP contribution in [0, 0.1) is 0 Å². The summed E-state index contributed by atoms with van der Waals surface area (Å²) < 4.78 is 62.8. The van der Waals surface area contributed by atoms with E-state index in [2.05, 4.69) is 19.2 Å². The summed E-state index contributed by atoms with van der Waals surface area (Å²) in [4.78, 5) is 15.0. The Bertz CT molecular complexity index is 480. The molecule has 9 heteroatoms. The van der Waals surface area contributed by atoms with Crippen LogP contribution in [-0.2, 0) is 22.6 Å². The van der Waals surface area contributed by atoms with Crippen LogP contribution in [0.15, 0.2) is 6.07 Å². The maximum absolute atomic E-state index is 12.9. The van der Waals surface area contributed by atoms with Gasteiger partial charge < -0.3 is 14.2 Å². The van der Waals surface area contributed by atoms with E-state index >= 15 is 0 Å². The maximum Gasteiger partial charge on any atom is 0.573 e. The second-order valence-electron chi connectivity index (χ2n) is 3.77. The van der Waals surface area contributed by atoms with Crippen molar-refractivity contribution in [2.45, 2.75) is 26.4 Å². The molecule has 1 heterocycles. The molecule has 5 nitrogen and oxygen atoms in total. The lowest BCUT2D eigenvalue weighted by molar-refractivity contribution is -0.275. The van der Waals surface area contributed by atoms with Gasteiger partial charge in [0.15, 0.2) is 5.75 Å². The molecule has 0 fully saturated rings. The normalized spacial score (nSPS) is 11.1. The highest BCUT2D eigenvalue weighted by molar-refractivity contribution is 5.72. The van der Waals surface area contributed by atoms with Crippen LogP contribution in [0.25, 0.3) is 0 Å². The largest absolute Gasteiger partial charge is 0.573 e. The zero-order valence-corrected chi connectivity index (χ0v) is 11.3. The van der Waals surface area contributed by atoms with E-state index in [4.69, 9.17) is 0 Å². The van der Waals surface area contributed by atoms with Gasteiger partial charge in [0.25, 0.3) is 5.88 Å². The molecular weight excluding hydrogens is 298 g/mol. The average molecular weight is 311 g/mol. The number of carbonyl (C=O) groups is 1. The number of alkyl halides is 4. The van der Waals surface area contributed by atoms with Gasteiger partial charge in [0, 0.05) is 5.56 Å². The van der Waals surface area contributed by atoms with Gasteiger partial charge in [0.2, 0.25) is 0 Å². The van der Waals surface area contributed by atoms with Crippen molar-refractivity contribution < 1.29 is 36.6 Å². The number of halogens is 4. The Morgan fingerprint density at radius 1 is 1.38 bits per heavy atom. The molecular formula is C12H13F4NO4. The van der Waals surface area contributed by atoms with Crippen LogP contribution in [0.3, 0.4) is 0 Å². The third kappa shape index (κ3) is 5.09. The van der Waals surface area contributed by atoms with Crippen LogP contribution in [0.2, 0.25) is 0 Å². The number of methoxy groups -OCH3 is 1. The molecule has 0 N–H and O–H groups in total. The molecule has 1 aromatic heterocycles. The maximum atomic E-state index is 12.9. The zero-order valence-electron chi connectivity index (χ0n) is 11.3. The number of esters is 1. The van der Waals surface area contributed by atoms with E-state index in [1.54, 1.807) is 6.92 Å². The van der Waals surface area contributed by atoms with Crippen LogP contribution in [-0.4, -0.2) is 31.0 Å². The van der Waals surface area contributed by atoms with Gasteiger partial charge in [-0.05, 0) is 13.0 Å². The highest BCUT2D eigenvalue weighted by Crippen LogP contribution is 2.35. The van der Waals surface area contributed by atoms with Crippen LogP contribution < -0.4 is 9.47 Å². The number of hydrogen-bond donors (Lipinski definition) is 0. The van der Waals surface area contributed by atoms with Crippen molar-refractivity contribution in [2.24, 2.45) is 0 Å². The van der Waals surface area contributed by atoms with Crippen LogP contribution in [0.1, 0.15) is 18.2 Å². The van der Waals surface area contributed by atoms with E-state index in [0.717, 1.165) is 13.2 Å². The Hall–Kier alpha value is -2.06. The van der Waals surface area contributed by atoms with Gasteiger partial charge in [0.05, 0.1) is 25.8 Å². The molecule has 0 atom stereocenters. The molecule has 118 valence electrons. The second kappa shape index (κ2) is 7.09. The molecule has 0 saturated carbocycles. The van der Waals surface area contributed by atoms with Crippen molar-refractivity contribution in [3.05, 3.63) is 17.3 Å². The van der Waals surface area contributed by atoms with Crippen LogP contribution >= 0.6 is 0 Å². The smallest absolute Gasteiger partial charge is 0.478 e. The average Bonchev–Trinajstić information content (AvgIpc) is 2.38. The Morgan fingerprint density at radius 2 is 2.05 bits per heavy atom. The van der Waals surface area contributed by atoms with Gasteiger partial charge in [-0.3, -0.25) is 4.79 Å². The number of aromatic nitrogens is 1. The molecule has 0 unspecified atom stereocenters. The lowest BCUT2D eigenvalue weighted by atomic mass is 10.2. The third-order valence-electron chi connectivity index (χ3n) is 2.26. The topological polar surface area (TPSA) is 57.7 Å². The molecule has 1 rings (SSSR count). The first-order valence-electron chi connectivity index (χ1n) is 5.84. The minimum absolute atomic E-state index is 0.0208. The Kier molecular flexibility index (Phi) is 5.74. The van der Waals surface area contributed by atoms with Crippen LogP contribution in [0.4, 0.5) is 17.6 Å². The monoisotopic (exact) mass is 311 g/mol.